The van der Waals surface area contributed by atoms with Gasteiger partial charge in [0.1, 0.15) is 18.1 Å². The van der Waals surface area contributed by atoms with E-state index in [0.717, 1.165) is 5.56 Å². The number of hydrogen-bond acceptors (Lipinski definition) is 4. The molecule has 2 amide bonds. The molecule has 0 aliphatic carbocycles. The molecule has 0 aliphatic heterocycles. The lowest BCUT2D eigenvalue weighted by Crippen LogP contribution is -2.36. The van der Waals surface area contributed by atoms with E-state index in [-0.39, 0.29) is 24.9 Å². The van der Waals surface area contributed by atoms with Crippen LogP contribution in [0.2, 0.25) is 5.02 Å². The third kappa shape index (κ3) is 5.89. The van der Waals surface area contributed by atoms with Gasteiger partial charge in [0.15, 0.2) is 0 Å². The lowest BCUT2D eigenvalue weighted by molar-refractivity contribution is -0.120. The summed E-state index contributed by atoms with van der Waals surface area (Å²) in [5.41, 5.74) is 1.39. The van der Waals surface area contributed by atoms with Gasteiger partial charge in [-0.3, -0.25) is 9.59 Å². The van der Waals surface area contributed by atoms with Crippen LogP contribution in [-0.4, -0.2) is 18.4 Å². The van der Waals surface area contributed by atoms with Crippen LogP contribution in [0.15, 0.2) is 71.3 Å². The smallest absolute Gasteiger partial charge is 0.251 e. The number of furan rings is 1. The number of carbonyl (C=O) groups is 2. The molecule has 1 aromatic heterocycles. The topological polar surface area (TPSA) is 80.6 Å². The minimum Gasteiger partial charge on any atom is -0.489 e. The van der Waals surface area contributed by atoms with Crippen LogP contribution in [0.1, 0.15) is 21.7 Å². The maximum absolute atomic E-state index is 12.2. The van der Waals surface area contributed by atoms with E-state index in [1.165, 1.54) is 6.26 Å². The molecule has 0 spiro atoms. The fourth-order valence-electron chi connectivity index (χ4n) is 2.37. The van der Waals surface area contributed by atoms with Gasteiger partial charge in [0.05, 0.1) is 19.4 Å². The van der Waals surface area contributed by atoms with Crippen LogP contribution in [0.5, 0.6) is 5.75 Å². The molecule has 0 saturated heterocycles. The van der Waals surface area contributed by atoms with Gasteiger partial charge >= 0.3 is 0 Å². The molecule has 0 aliphatic rings. The average Bonchev–Trinajstić information content (AvgIpc) is 3.24. The van der Waals surface area contributed by atoms with Crippen molar-refractivity contribution in [2.45, 2.75) is 13.2 Å². The Morgan fingerprint density at radius 2 is 1.71 bits per heavy atom. The van der Waals surface area contributed by atoms with Gasteiger partial charge in [-0.15, -0.1) is 0 Å². The molecular formula is C21H19ClN2O4. The maximum Gasteiger partial charge on any atom is 0.251 e. The molecule has 0 fully saturated rings. The van der Waals surface area contributed by atoms with Gasteiger partial charge in [-0.05, 0) is 54.1 Å². The van der Waals surface area contributed by atoms with Crippen LogP contribution in [0.25, 0.3) is 0 Å². The van der Waals surface area contributed by atoms with E-state index in [0.29, 0.717) is 28.7 Å². The number of benzene rings is 2. The minimum atomic E-state index is -0.321. The van der Waals surface area contributed by atoms with Crippen molar-refractivity contribution in [2.75, 3.05) is 6.54 Å². The number of nitrogens with one attached hydrogen (secondary N) is 2. The standard InChI is InChI=1S/C21H19ClN2O4/c22-17-7-9-18(10-8-17)28-14-15-3-5-16(6-4-15)21(26)24-13-20(25)23-12-19-2-1-11-27-19/h1-11H,12-14H2,(H,23,25)(H,24,26). The molecule has 0 saturated carbocycles. The van der Waals surface area contributed by atoms with Crippen LogP contribution in [0, 0.1) is 0 Å². The average molecular weight is 399 g/mol. The Morgan fingerprint density at radius 3 is 2.39 bits per heavy atom. The summed E-state index contributed by atoms with van der Waals surface area (Å²) in [5, 5.41) is 5.90. The van der Waals surface area contributed by atoms with E-state index in [1.807, 2.05) is 12.1 Å². The minimum absolute atomic E-state index is 0.110. The van der Waals surface area contributed by atoms with E-state index in [9.17, 15) is 9.59 Å². The Morgan fingerprint density at radius 1 is 0.964 bits per heavy atom. The molecule has 2 aromatic carbocycles. The van der Waals surface area contributed by atoms with Gasteiger partial charge in [0.2, 0.25) is 5.91 Å². The number of carbonyl (C=O) groups excluding carboxylic acids is 2. The van der Waals surface area contributed by atoms with Gasteiger partial charge in [0.25, 0.3) is 5.91 Å². The Bertz CT molecular complexity index is 907. The summed E-state index contributed by atoms with van der Waals surface area (Å²) in [6.07, 6.45) is 1.54. The highest BCUT2D eigenvalue weighted by Gasteiger charge is 2.08. The first kappa shape index (κ1) is 19.5. The quantitative estimate of drug-likeness (QED) is 0.608. The molecule has 6 nitrogen and oxygen atoms in total. The van der Waals surface area contributed by atoms with Crippen molar-refractivity contribution in [2.24, 2.45) is 0 Å². The first-order valence-corrected chi connectivity index (χ1v) is 9.02. The monoisotopic (exact) mass is 398 g/mol. The van der Waals surface area contributed by atoms with Crippen LogP contribution in [0.4, 0.5) is 0 Å². The highest BCUT2D eigenvalue weighted by Crippen LogP contribution is 2.17. The van der Waals surface area contributed by atoms with Crippen LogP contribution < -0.4 is 15.4 Å². The van der Waals surface area contributed by atoms with E-state index < -0.39 is 0 Å². The number of rotatable bonds is 8. The van der Waals surface area contributed by atoms with Crippen molar-refractivity contribution in [3.63, 3.8) is 0 Å². The molecule has 0 atom stereocenters. The van der Waals surface area contributed by atoms with Gasteiger partial charge in [-0.2, -0.15) is 0 Å². The largest absolute Gasteiger partial charge is 0.489 e. The summed E-state index contributed by atoms with van der Waals surface area (Å²) in [6.45, 7) is 0.545. The molecule has 1 heterocycles. The maximum atomic E-state index is 12.2. The zero-order chi connectivity index (χ0) is 19.8. The first-order chi connectivity index (χ1) is 13.6. The molecule has 2 N–H and O–H groups in total. The first-order valence-electron chi connectivity index (χ1n) is 8.65. The summed E-state index contributed by atoms with van der Waals surface area (Å²) in [6, 6.07) is 17.6. The predicted molar refractivity (Wildman–Crippen MR) is 105 cm³/mol. The fraction of sp³-hybridized carbons (Fsp3) is 0.143. The third-order valence-electron chi connectivity index (χ3n) is 3.88. The van der Waals surface area contributed by atoms with Gasteiger partial charge < -0.3 is 19.8 Å². The zero-order valence-corrected chi connectivity index (χ0v) is 15.7. The van der Waals surface area contributed by atoms with E-state index >= 15 is 0 Å². The Hall–Kier alpha value is -3.25. The number of ether oxygens (including phenoxy) is 1. The van der Waals surface area contributed by atoms with Crippen molar-refractivity contribution in [3.8, 4) is 5.75 Å². The zero-order valence-electron chi connectivity index (χ0n) is 15.0. The predicted octanol–water partition coefficient (Wildman–Crippen LogP) is 3.56. The summed E-state index contributed by atoms with van der Waals surface area (Å²) < 4.78 is 10.8. The molecule has 0 unspecified atom stereocenters. The Labute approximate surface area is 167 Å². The highest BCUT2D eigenvalue weighted by molar-refractivity contribution is 6.30. The molecule has 28 heavy (non-hydrogen) atoms. The van der Waals surface area contributed by atoms with Crippen molar-refractivity contribution >= 4 is 23.4 Å². The molecule has 144 valence electrons. The van der Waals surface area contributed by atoms with Crippen molar-refractivity contribution in [3.05, 3.63) is 88.8 Å². The lowest BCUT2D eigenvalue weighted by Gasteiger charge is -2.08. The SMILES string of the molecule is O=C(CNC(=O)c1ccc(COc2ccc(Cl)cc2)cc1)NCc1ccco1. The normalized spacial score (nSPS) is 10.3. The van der Waals surface area contributed by atoms with E-state index in [2.05, 4.69) is 10.6 Å². The number of amides is 2. The molecule has 3 aromatic rings. The third-order valence-corrected chi connectivity index (χ3v) is 4.14. The molecule has 7 heteroatoms. The summed E-state index contributed by atoms with van der Waals surface area (Å²) in [7, 11) is 0. The highest BCUT2D eigenvalue weighted by atomic mass is 35.5. The van der Waals surface area contributed by atoms with E-state index in [1.54, 1.807) is 48.5 Å². The van der Waals surface area contributed by atoms with Crippen molar-refractivity contribution < 1.29 is 18.7 Å². The lowest BCUT2D eigenvalue weighted by atomic mass is 10.1. The summed E-state index contributed by atoms with van der Waals surface area (Å²) in [5.74, 6) is 0.749. The van der Waals surface area contributed by atoms with Gasteiger partial charge in [-0.1, -0.05) is 23.7 Å². The second-order valence-corrected chi connectivity index (χ2v) is 6.41. The second kappa shape index (κ2) is 9.62. The molecule has 0 bridgehead atoms. The van der Waals surface area contributed by atoms with Crippen molar-refractivity contribution in [1.82, 2.24) is 10.6 Å². The van der Waals surface area contributed by atoms with Gasteiger partial charge in [0, 0.05) is 10.6 Å². The summed E-state index contributed by atoms with van der Waals surface area (Å²) in [4.78, 5) is 23.9. The molecule has 3 rings (SSSR count). The van der Waals surface area contributed by atoms with Crippen LogP contribution in [0.3, 0.4) is 0 Å². The van der Waals surface area contributed by atoms with Crippen LogP contribution in [-0.2, 0) is 17.9 Å². The van der Waals surface area contributed by atoms with Gasteiger partial charge in [-0.25, -0.2) is 0 Å². The summed E-state index contributed by atoms with van der Waals surface area (Å²) >= 11 is 5.84. The fourth-order valence-corrected chi connectivity index (χ4v) is 2.50. The number of halogens is 1. The Kier molecular flexibility index (Phi) is 6.70. The van der Waals surface area contributed by atoms with Crippen molar-refractivity contribution in [1.29, 1.82) is 0 Å². The number of hydrogen-bond donors (Lipinski definition) is 2. The molecular weight excluding hydrogens is 380 g/mol. The van der Waals surface area contributed by atoms with Crippen LogP contribution >= 0.6 is 11.6 Å². The van der Waals surface area contributed by atoms with E-state index in [4.69, 9.17) is 20.8 Å². The second-order valence-electron chi connectivity index (χ2n) is 5.98. The Balaban J connectivity index is 1.42. The molecule has 0 radical (unpaired) electrons.